The fourth-order valence-electron chi connectivity index (χ4n) is 2.52. The van der Waals surface area contributed by atoms with Gasteiger partial charge in [-0.1, -0.05) is 23.2 Å². The molecule has 3 rings (SSSR count). The quantitative estimate of drug-likeness (QED) is 0.584. The summed E-state index contributed by atoms with van der Waals surface area (Å²) in [4.78, 5) is 20.1. The molecule has 2 aromatic heterocycles. The first kappa shape index (κ1) is 22.1. The third-order valence-corrected chi connectivity index (χ3v) is 5.74. The van der Waals surface area contributed by atoms with Crippen molar-refractivity contribution in [3.05, 3.63) is 64.3 Å². The maximum atomic E-state index is 12.8. The predicted octanol–water partition coefficient (Wildman–Crippen LogP) is 3.46. The normalized spacial score (nSPS) is 12.7. The molecule has 0 saturated carbocycles. The first-order valence-electron chi connectivity index (χ1n) is 8.25. The van der Waals surface area contributed by atoms with Gasteiger partial charge in [-0.3, -0.25) is 4.79 Å². The van der Waals surface area contributed by atoms with E-state index < -0.39 is 32.4 Å². The van der Waals surface area contributed by atoms with Crippen molar-refractivity contribution in [1.82, 2.24) is 25.1 Å². The summed E-state index contributed by atoms with van der Waals surface area (Å²) in [6.45, 7) is 1.61. The number of sulfone groups is 1. The Morgan fingerprint density at radius 3 is 2.50 bits per heavy atom. The fraction of sp³-hybridized carbons (Fsp3) is 0.176. The van der Waals surface area contributed by atoms with Crippen LogP contribution in [0.1, 0.15) is 29.1 Å². The van der Waals surface area contributed by atoms with Gasteiger partial charge in [-0.2, -0.15) is 18.6 Å². The van der Waals surface area contributed by atoms with E-state index in [1.165, 1.54) is 23.3 Å². The zero-order chi connectivity index (χ0) is 22.1. The summed E-state index contributed by atoms with van der Waals surface area (Å²) in [5.41, 5.74) is -0.204. The van der Waals surface area contributed by atoms with E-state index in [0.717, 1.165) is 12.1 Å². The Balaban J connectivity index is 1.87. The van der Waals surface area contributed by atoms with E-state index in [-0.39, 0.29) is 10.6 Å². The summed E-state index contributed by atoms with van der Waals surface area (Å²) in [5.74, 6) is -3.66. The zero-order valence-corrected chi connectivity index (χ0v) is 17.5. The molecule has 0 spiro atoms. The number of hydrogen-bond donors (Lipinski definition) is 1. The summed E-state index contributed by atoms with van der Waals surface area (Å²) < 4.78 is 50.5. The number of carbonyl (C=O) groups excluding carboxylic acids is 1. The van der Waals surface area contributed by atoms with Gasteiger partial charge in [0, 0.05) is 16.8 Å². The monoisotopic (exact) mass is 475 g/mol. The molecule has 0 aliphatic heterocycles. The number of rotatable bonds is 6. The average molecular weight is 476 g/mol. The van der Waals surface area contributed by atoms with E-state index in [0.29, 0.717) is 16.7 Å². The van der Waals surface area contributed by atoms with Crippen LogP contribution in [0.3, 0.4) is 0 Å². The van der Waals surface area contributed by atoms with Crippen LogP contribution in [0.5, 0.6) is 0 Å². The van der Waals surface area contributed by atoms with Crippen LogP contribution in [-0.2, 0) is 9.84 Å². The highest BCUT2D eigenvalue weighted by Gasteiger charge is 2.28. The topological polar surface area (TPSA) is 107 Å². The number of amides is 1. The van der Waals surface area contributed by atoms with Gasteiger partial charge >= 0.3 is 5.76 Å². The van der Waals surface area contributed by atoms with E-state index in [2.05, 4.69) is 20.4 Å². The molecule has 1 N–H and O–H groups in total. The summed E-state index contributed by atoms with van der Waals surface area (Å²) in [6.07, 6.45) is 2.68. The highest BCUT2D eigenvalue weighted by Crippen LogP contribution is 2.24. The third-order valence-electron chi connectivity index (χ3n) is 3.93. The van der Waals surface area contributed by atoms with Crippen LogP contribution in [-0.4, -0.2) is 39.8 Å². The lowest BCUT2D eigenvalue weighted by Crippen LogP contribution is -2.29. The maximum absolute atomic E-state index is 12.8. The van der Waals surface area contributed by atoms with Crippen molar-refractivity contribution < 1.29 is 22.0 Å². The van der Waals surface area contributed by atoms with Gasteiger partial charge in [0.2, 0.25) is 9.84 Å². The first-order chi connectivity index (χ1) is 14.1. The molecule has 1 aromatic carbocycles. The summed E-state index contributed by atoms with van der Waals surface area (Å²) in [7, 11) is -4.92. The lowest BCUT2D eigenvalue weighted by Gasteiger charge is -2.15. The molecule has 0 aliphatic rings. The van der Waals surface area contributed by atoms with Gasteiger partial charge < -0.3 is 5.32 Å². The van der Waals surface area contributed by atoms with E-state index in [9.17, 15) is 22.0 Å². The molecule has 1 amide bonds. The number of hydrogen-bond acceptors (Lipinski definition) is 6. The van der Waals surface area contributed by atoms with Crippen LogP contribution in [0.4, 0.5) is 8.78 Å². The van der Waals surface area contributed by atoms with Gasteiger partial charge in [0.05, 0.1) is 16.0 Å². The van der Waals surface area contributed by atoms with Gasteiger partial charge in [0.15, 0.2) is 11.6 Å². The minimum absolute atomic E-state index is 0.178. The molecule has 2 heterocycles. The molecule has 3 aromatic rings. The van der Waals surface area contributed by atoms with E-state index >= 15 is 0 Å². The number of carbonyl (C=O) groups is 1. The van der Waals surface area contributed by atoms with Crippen LogP contribution < -0.4 is 5.32 Å². The van der Waals surface area contributed by atoms with Crippen molar-refractivity contribution in [2.75, 3.05) is 0 Å². The van der Waals surface area contributed by atoms with Crippen LogP contribution in [0, 0.1) is 0 Å². The molecule has 0 fully saturated rings. The maximum Gasteiger partial charge on any atom is 0.341 e. The molecule has 0 bridgehead atoms. The summed E-state index contributed by atoms with van der Waals surface area (Å²) in [6, 6.07) is 5.36. The first-order valence-corrected chi connectivity index (χ1v) is 10.5. The van der Waals surface area contributed by atoms with Crippen molar-refractivity contribution >= 4 is 38.9 Å². The van der Waals surface area contributed by atoms with Crippen LogP contribution >= 0.6 is 23.2 Å². The summed E-state index contributed by atoms with van der Waals surface area (Å²) >= 11 is 11.6. The molecule has 0 unspecified atom stereocenters. The average Bonchev–Trinajstić information content (AvgIpc) is 3.17. The van der Waals surface area contributed by atoms with E-state index in [4.69, 9.17) is 23.2 Å². The summed E-state index contributed by atoms with van der Waals surface area (Å²) in [5, 5.41) is 6.91. The second-order valence-corrected chi connectivity index (χ2v) is 8.83. The number of aromatic nitrogens is 4. The Kier molecular flexibility index (Phi) is 6.34. The van der Waals surface area contributed by atoms with Gasteiger partial charge in [-0.15, -0.1) is 0 Å². The molecule has 0 saturated heterocycles. The Labute approximate surface area is 179 Å². The number of nitrogens with zero attached hydrogens (tertiary/aromatic N) is 4. The van der Waals surface area contributed by atoms with Crippen LogP contribution in [0.25, 0.3) is 5.82 Å². The number of benzene rings is 1. The van der Waals surface area contributed by atoms with Gasteiger partial charge in [0.25, 0.3) is 5.91 Å². The van der Waals surface area contributed by atoms with Crippen molar-refractivity contribution in [1.29, 1.82) is 0 Å². The molecule has 1 atom stereocenters. The molecular formula is C17H13Cl2F2N5O3S. The SMILES string of the molecule is C[C@H](NC(=O)c1cc(Cl)cc(S(=O)(=O)C(F)F)c1)c1ncnn1-c1ccc(Cl)cn1. The van der Waals surface area contributed by atoms with Crippen molar-refractivity contribution in [3.8, 4) is 5.82 Å². The van der Waals surface area contributed by atoms with E-state index in [1.807, 2.05) is 0 Å². The molecule has 158 valence electrons. The number of nitrogens with one attached hydrogen (secondary N) is 1. The molecule has 0 radical (unpaired) electrons. The highest BCUT2D eigenvalue weighted by atomic mass is 35.5. The van der Waals surface area contributed by atoms with Gasteiger partial charge in [0.1, 0.15) is 6.33 Å². The molecular weight excluding hydrogens is 463 g/mol. The Hall–Kier alpha value is -2.63. The Bertz CT molecular complexity index is 1190. The van der Waals surface area contributed by atoms with Crippen LogP contribution in [0.2, 0.25) is 10.0 Å². The minimum atomic E-state index is -4.92. The van der Waals surface area contributed by atoms with Gasteiger partial charge in [-0.25, -0.2) is 18.4 Å². The largest absolute Gasteiger partial charge is 0.342 e. The van der Waals surface area contributed by atoms with E-state index in [1.54, 1.807) is 19.1 Å². The fourth-order valence-corrected chi connectivity index (χ4v) is 3.72. The molecule has 13 heteroatoms. The number of alkyl halides is 2. The molecule has 0 aliphatic carbocycles. The molecule has 8 nitrogen and oxygen atoms in total. The van der Waals surface area contributed by atoms with Gasteiger partial charge in [-0.05, 0) is 37.3 Å². The van der Waals surface area contributed by atoms with Crippen molar-refractivity contribution in [3.63, 3.8) is 0 Å². The standard InChI is InChI=1S/C17H13Cl2F2N5O3S/c1-9(15-23-8-24-26(15)14-3-2-11(18)7-22-14)25-16(27)10-4-12(19)6-13(5-10)30(28,29)17(20)21/h2-9,17H,1H3,(H,25,27)/t9-/m0/s1. The van der Waals surface area contributed by atoms with Crippen LogP contribution in [0.15, 0.2) is 47.8 Å². The van der Waals surface area contributed by atoms with Crippen molar-refractivity contribution in [2.45, 2.75) is 23.6 Å². The Morgan fingerprint density at radius 1 is 1.13 bits per heavy atom. The highest BCUT2D eigenvalue weighted by molar-refractivity contribution is 7.91. The third kappa shape index (κ3) is 4.58. The Morgan fingerprint density at radius 2 is 1.87 bits per heavy atom. The predicted molar refractivity (Wildman–Crippen MR) is 105 cm³/mol. The number of halogens is 4. The lowest BCUT2D eigenvalue weighted by molar-refractivity contribution is 0.0937. The minimum Gasteiger partial charge on any atom is -0.342 e. The second kappa shape index (κ2) is 8.62. The number of pyridine rings is 1. The smallest absolute Gasteiger partial charge is 0.341 e. The molecule has 30 heavy (non-hydrogen) atoms. The lowest BCUT2D eigenvalue weighted by atomic mass is 10.2. The van der Waals surface area contributed by atoms with Crippen molar-refractivity contribution in [2.24, 2.45) is 0 Å². The zero-order valence-electron chi connectivity index (χ0n) is 15.1. The second-order valence-electron chi connectivity index (χ2n) is 6.04.